The van der Waals surface area contributed by atoms with Crippen molar-refractivity contribution in [3.05, 3.63) is 71.8 Å². The van der Waals surface area contributed by atoms with Gasteiger partial charge in [-0.15, -0.1) is 11.6 Å². The Kier molecular flexibility index (Phi) is 5.59. The summed E-state index contributed by atoms with van der Waals surface area (Å²) in [6.45, 7) is 0.732. The molecule has 0 unspecified atom stereocenters. The number of nitrogens with zero attached hydrogens (tertiary/aromatic N) is 1. The number of amides is 1. The molecule has 20 heavy (non-hydrogen) atoms. The fourth-order valence-electron chi connectivity index (χ4n) is 1.75. The number of hydrogen-bond acceptors (Lipinski definition) is 2. The van der Waals surface area contributed by atoms with Crippen LogP contribution in [0.3, 0.4) is 0 Å². The smallest absolute Gasteiger partial charge is 0.261 e. The second-order valence-electron chi connectivity index (χ2n) is 4.31. The van der Waals surface area contributed by atoms with Gasteiger partial charge in [-0.25, -0.2) is 5.06 Å². The predicted octanol–water partition coefficient (Wildman–Crippen LogP) is 3.39. The highest BCUT2D eigenvalue weighted by Gasteiger charge is 2.14. The lowest BCUT2D eigenvalue weighted by atomic mass is 10.2. The number of carbonyl (C=O) groups is 1. The highest BCUT2D eigenvalue weighted by molar-refractivity contribution is 6.27. The van der Waals surface area contributed by atoms with E-state index in [1.54, 1.807) is 0 Å². The van der Waals surface area contributed by atoms with Gasteiger partial charge in [-0.1, -0.05) is 60.7 Å². The van der Waals surface area contributed by atoms with Gasteiger partial charge in [0, 0.05) is 0 Å². The standard InChI is InChI=1S/C16H16ClNO2/c17-11-16(19)18(12-14-7-3-1-4-8-14)20-13-15-9-5-2-6-10-15/h1-10H,11-13H2. The van der Waals surface area contributed by atoms with Crippen LogP contribution in [0.25, 0.3) is 0 Å². The molecule has 0 radical (unpaired) electrons. The first kappa shape index (κ1) is 14.6. The number of hydroxylamine groups is 2. The number of carbonyl (C=O) groups excluding carboxylic acids is 1. The Morgan fingerprint density at radius 2 is 1.50 bits per heavy atom. The molecular formula is C16H16ClNO2. The molecule has 0 atom stereocenters. The minimum absolute atomic E-state index is 0.0956. The summed E-state index contributed by atoms with van der Waals surface area (Å²) >= 11 is 5.62. The van der Waals surface area contributed by atoms with Crippen molar-refractivity contribution >= 4 is 17.5 Å². The van der Waals surface area contributed by atoms with E-state index in [0.717, 1.165) is 11.1 Å². The first-order valence-electron chi connectivity index (χ1n) is 6.36. The summed E-state index contributed by atoms with van der Waals surface area (Å²) < 4.78 is 0. The predicted molar refractivity (Wildman–Crippen MR) is 78.9 cm³/mol. The van der Waals surface area contributed by atoms with Crippen LogP contribution < -0.4 is 0 Å². The Hall–Kier alpha value is -1.84. The second kappa shape index (κ2) is 7.68. The summed E-state index contributed by atoms with van der Waals surface area (Å²) in [6.07, 6.45) is 0. The van der Waals surface area contributed by atoms with Gasteiger partial charge in [0.15, 0.2) is 0 Å². The molecule has 0 saturated carbocycles. The van der Waals surface area contributed by atoms with E-state index in [0.29, 0.717) is 13.2 Å². The third-order valence-electron chi connectivity index (χ3n) is 2.79. The van der Waals surface area contributed by atoms with Crippen LogP contribution in [0.4, 0.5) is 0 Å². The van der Waals surface area contributed by atoms with Gasteiger partial charge in [0.1, 0.15) is 12.5 Å². The molecule has 0 saturated heterocycles. The van der Waals surface area contributed by atoms with Crippen molar-refractivity contribution in [2.75, 3.05) is 5.88 Å². The highest BCUT2D eigenvalue weighted by atomic mass is 35.5. The monoisotopic (exact) mass is 289 g/mol. The lowest BCUT2D eigenvalue weighted by Gasteiger charge is -2.21. The van der Waals surface area contributed by atoms with E-state index >= 15 is 0 Å². The molecule has 4 heteroatoms. The fraction of sp³-hybridized carbons (Fsp3) is 0.188. The van der Waals surface area contributed by atoms with E-state index in [1.807, 2.05) is 60.7 Å². The van der Waals surface area contributed by atoms with Crippen LogP contribution in [0.2, 0.25) is 0 Å². The SMILES string of the molecule is O=C(CCl)N(Cc1ccccc1)OCc1ccccc1. The van der Waals surface area contributed by atoms with Crippen LogP contribution in [0, 0.1) is 0 Å². The molecule has 0 N–H and O–H groups in total. The van der Waals surface area contributed by atoms with E-state index in [1.165, 1.54) is 5.06 Å². The van der Waals surface area contributed by atoms with Crippen molar-refractivity contribution in [2.24, 2.45) is 0 Å². The van der Waals surface area contributed by atoms with Crippen molar-refractivity contribution in [2.45, 2.75) is 13.2 Å². The van der Waals surface area contributed by atoms with Crippen molar-refractivity contribution < 1.29 is 9.63 Å². The molecule has 0 aliphatic heterocycles. The molecule has 2 aromatic carbocycles. The Morgan fingerprint density at radius 1 is 0.950 bits per heavy atom. The Labute approximate surface area is 123 Å². The van der Waals surface area contributed by atoms with Crippen LogP contribution in [0.15, 0.2) is 60.7 Å². The summed E-state index contributed by atoms with van der Waals surface area (Å²) in [4.78, 5) is 17.4. The number of alkyl halides is 1. The van der Waals surface area contributed by atoms with Gasteiger partial charge in [-0.2, -0.15) is 0 Å². The third kappa shape index (κ3) is 4.37. The number of rotatable bonds is 6. The Morgan fingerprint density at radius 3 is 2.05 bits per heavy atom. The molecule has 0 aliphatic carbocycles. The van der Waals surface area contributed by atoms with Gasteiger partial charge in [-0.3, -0.25) is 9.63 Å². The largest absolute Gasteiger partial charge is 0.271 e. The van der Waals surface area contributed by atoms with Crippen molar-refractivity contribution in [1.82, 2.24) is 5.06 Å². The molecule has 3 nitrogen and oxygen atoms in total. The van der Waals surface area contributed by atoms with Crippen LogP contribution in [0.1, 0.15) is 11.1 Å². The van der Waals surface area contributed by atoms with Gasteiger partial charge in [0.2, 0.25) is 0 Å². The summed E-state index contributed by atoms with van der Waals surface area (Å²) in [6, 6.07) is 19.4. The van der Waals surface area contributed by atoms with Crippen LogP contribution in [0.5, 0.6) is 0 Å². The molecule has 1 amide bonds. The number of halogens is 1. The van der Waals surface area contributed by atoms with Crippen molar-refractivity contribution in [3.8, 4) is 0 Å². The van der Waals surface area contributed by atoms with E-state index in [-0.39, 0.29) is 11.8 Å². The molecule has 0 aromatic heterocycles. The molecule has 0 spiro atoms. The zero-order chi connectivity index (χ0) is 14.2. The second-order valence-corrected chi connectivity index (χ2v) is 4.58. The van der Waals surface area contributed by atoms with Gasteiger partial charge in [0.25, 0.3) is 5.91 Å². The number of hydrogen-bond donors (Lipinski definition) is 0. The molecular weight excluding hydrogens is 274 g/mol. The quantitative estimate of drug-likeness (QED) is 0.603. The molecule has 104 valence electrons. The van der Waals surface area contributed by atoms with Gasteiger partial charge >= 0.3 is 0 Å². The first-order valence-corrected chi connectivity index (χ1v) is 6.90. The highest BCUT2D eigenvalue weighted by Crippen LogP contribution is 2.09. The van der Waals surface area contributed by atoms with Gasteiger partial charge in [-0.05, 0) is 11.1 Å². The molecule has 2 aromatic rings. The van der Waals surface area contributed by atoms with E-state index < -0.39 is 0 Å². The van der Waals surface area contributed by atoms with Crippen LogP contribution in [-0.2, 0) is 22.8 Å². The lowest BCUT2D eigenvalue weighted by Crippen LogP contribution is -2.31. The first-order chi connectivity index (χ1) is 9.79. The normalized spacial score (nSPS) is 10.2. The summed E-state index contributed by atoms with van der Waals surface area (Å²) in [5, 5.41) is 1.31. The average Bonchev–Trinajstić information content (AvgIpc) is 2.52. The molecule has 0 heterocycles. The Balaban J connectivity index is 1.99. The van der Waals surface area contributed by atoms with E-state index in [9.17, 15) is 4.79 Å². The topological polar surface area (TPSA) is 29.5 Å². The van der Waals surface area contributed by atoms with Crippen molar-refractivity contribution in [3.63, 3.8) is 0 Å². The maximum Gasteiger partial charge on any atom is 0.261 e. The molecule has 0 fully saturated rings. The maximum atomic E-state index is 11.8. The van der Waals surface area contributed by atoms with E-state index in [2.05, 4.69) is 0 Å². The summed E-state index contributed by atoms with van der Waals surface area (Å²) in [5.74, 6) is -0.340. The molecule has 0 bridgehead atoms. The summed E-state index contributed by atoms with van der Waals surface area (Å²) in [5.41, 5.74) is 2.01. The summed E-state index contributed by atoms with van der Waals surface area (Å²) in [7, 11) is 0. The fourth-order valence-corrected chi connectivity index (χ4v) is 1.88. The minimum Gasteiger partial charge on any atom is -0.271 e. The third-order valence-corrected chi connectivity index (χ3v) is 3.02. The van der Waals surface area contributed by atoms with E-state index in [4.69, 9.17) is 16.4 Å². The Bertz CT molecular complexity index is 531. The van der Waals surface area contributed by atoms with Gasteiger partial charge < -0.3 is 0 Å². The van der Waals surface area contributed by atoms with Crippen molar-refractivity contribution in [1.29, 1.82) is 0 Å². The average molecular weight is 290 g/mol. The maximum absolute atomic E-state index is 11.8. The van der Waals surface area contributed by atoms with Crippen LogP contribution in [-0.4, -0.2) is 16.9 Å². The van der Waals surface area contributed by atoms with Crippen LogP contribution >= 0.6 is 11.6 Å². The molecule has 0 aliphatic rings. The zero-order valence-electron chi connectivity index (χ0n) is 11.0. The minimum atomic E-state index is -0.244. The zero-order valence-corrected chi connectivity index (χ0v) is 11.8. The molecule has 2 rings (SSSR count). The number of benzene rings is 2. The van der Waals surface area contributed by atoms with Gasteiger partial charge in [0.05, 0.1) is 6.54 Å². The lowest BCUT2D eigenvalue weighted by molar-refractivity contribution is -0.192.